The predicted octanol–water partition coefficient (Wildman–Crippen LogP) is 3.16. The zero-order valence-electron chi connectivity index (χ0n) is 14.8. The Hall–Kier alpha value is -2.05. The molecule has 6 heteroatoms. The number of methoxy groups -OCH3 is 1. The van der Waals surface area contributed by atoms with Gasteiger partial charge in [0.2, 0.25) is 0 Å². The van der Waals surface area contributed by atoms with Crippen molar-refractivity contribution >= 4 is 11.8 Å². The van der Waals surface area contributed by atoms with Gasteiger partial charge in [0.1, 0.15) is 11.9 Å². The van der Waals surface area contributed by atoms with Crippen LogP contribution in [0.3, 0.4) is 0 Å². The summed E-state index contributed by atoms with van der Waals surface area (Å²) in [6, 6.07) is 7.18. The van der Waals surface area contributed by atoms with Gasteiger partial charge in [-0.25, -0.2) is 4.79 Å². The summed E-state index contributed by atoms with van der Waals surface area (Å²) in [7, 11) is 1.55. The summed E-state index contributed by atoms with van der Waals surface area (Å²) in [5.74, 6) is 0.581. The monoisotopic (exact) mass is 336 g/mol. The second-order valence-corrected chi connectivity index (χ2v) is 5.16. The molecule has 0 saturated carbocycles. The molecular formula is C18H28N2O4. The van der Waals surface area contributed by atoms with E-state index in [4.69, 9.17) is 14.2 Å². The molecule has 1 unspecified atom stereocenters. The minimum absolute atomic E-state index is 0.321. The molecule has 134 valence electrons. The Morgan fingerprint density at radius 3 is 2.67 bits per heavy atom. The molecule has 1 amide bonds. The molecule has 0 heterocycles. The topological polar surface area (TPSA) is 60.0 Å². The summed E-state index contributed by atoms with van der Waals surface area (Å²) in [4.78, 5) is 14.4. The van der Waals surface area contributed by atoms with Crippen LogP contribution in [0.25, 0.3) is 0 Å². The van der Waals surface area contributed by atoms with Gasteiger partial charge < -0.3 is 19.1 Å². The number of amides is 1. The highest BCUT2D eigenvalue weighted by Crippen LogP contribution is 2.23. The molecule has 6 nitrogen and oxygen atoms in total. The van der Waals surface area contributed by atoms with Crippen molar-refractivity contribution in [1.29, 1.82) is 0 Å². The van der Waals surface area contributed by atoms with Crippen molar-refractivity contribution in [3.8, 4) is 5.75 Å². The first kappa shape index (κ1) is 20.0. The van der Waals surface area contributed by atoms with Crippen LogP contribution in [0.5, 0.6) is 5.75 Å². The molecule has 0 aromatic heterocycles. The Balaban J connectivity index is 2.65. The summed E-state index contributed by atoms with van der Waals surface area (Å²) in [5.41, 5.74) is 0.568. The lowest BCUT2D eigenvalue weighted by molar-refractivity contribution is 0.0168. The highest BCUT2D eigenvalue weighted by Gasteiger charge is 2.18. The summed E-state index contributed by atoms with van der Waals surface area (Å²) in [6.07, 6.45) is 0.780. The van der Waals surface area contributed by atoms with Crippen LogP contribution in [0.1, 0.15) is 13.8 Å². The van der Waals surface area contributed by atoms with E-state index in [1.54, 1.807) is 25.3 Å². The van der Waals surface area contributed by atoms with Gasteiger partial charge in [-0.1, -0.05) is 32.1 Å². The van der Waals surface area contributed by atoms with E-state index in [1.165, 1.54) is 0 Å². The lowest BCUT2D eigenvalue weighted by Crippen LogP contribution is -2.38. The van der Waals surface area contributed by atoms with E-state index >= 15 is 0 Å². The van der Waals surface area contributed by atoms with E-state index in [2.05, 4.69) is 30.6 Å². The molecule has 1 atom stereocenters. The fourth-order valence-corrected chi connectivity index (χ4v) is 2.22. The molecule has 1 N–H and O–H groups in total. The molecular weight excluding hydrogens is 308 g/mol. The molecule has 1 rings (SSSR count). The van der Waals surface area contributed by atoms with Gasteiger partial charge in [-0.05, 0) is 25.2 Å². The maximum Gasteiger partial charge on any atom is 0.412 e. The summed E-state index contributed by atoms with van der Waals surface area (Å²) >= 11 is 0. The van der Waals surface area contributed by atoms with Gasteiger partial charge in [0.15, 0.2) is 0 Å². The number of hydrogen-bond acceptors (Lipinski definition) is 5. The van der Waals surface area contributed by atoms with Crippen molar-refractivity contribution in [2.24, 2.45) is 0 Å². The first-order valence-electron chi connectivity index (χ1n) is 8.16. The fourth-order valence-electron chi connectivity index (χ4n) is 2.22. The molecule has 0 saturated heterocycles. The Morgan fingerprint density at radius 1 is 1.33 bits per heavy atom. The molecule has 0 aliphatic carbocycles. The Bertz CT molecular complexity index is 504. The number of ether oxygens (including phenoxy) is 3. The number of benzene rings is 1. The van der Waals surface area contributed by atoms with E-state index in [-0.39, 0.29) is 6.10 Å². The van der Waals surface area contributed by atoms with Crippen LogP contribution < -0.4 is 10.1 Å². The lowest BCUT2D eigenvalue weighted by Gasteiger charge is -2.25. The molecule has 1 aromatic rings. The average Bonchev–Trinajstić information content (AvgIpc) is 2.59. The molecule has 0 radical (unpaired) electrons. The quantitative estimate of drug-likeness (QED) is 0.497. The normalized spacial score (nSPS) is 11.8. The van der Waals surface area contributed by atoms with Gasteiger partial charge in [-0.3, -0.25) is 5.32 Å². The summed E-state index contributed by atoms with van der Waals surface area (Å²) in [6.45, 7) is 10.9. The predicted molar refractivity (Wildman–Crippen MR) is 95.7 cm³/mol. The van der Waals surface area contributed by atoms with Crippen LogP contribution in [0.2, 0.25) is 0 Å². The van der Waals surface area contributed by atoms with Crippen molar-refractivity contribution in [3.05, 3.63) is 36.9 Å². The smallest absolute Gasteiger partial charge is 0.412 e. The van der Waals surface area contributed by atoms with E-state index in [1.807, 2.05) is 12.1 Å². The molecule has 0 aliphatic rings. The fraction of sp³-hybridized carbons (Fsp3) is 0.500. The van der Waals surface area contributed by atoms with Gasteiger partial charge in [-0.15, -0.1) is 6.58 Å². The molecule has 0 aliphatic heterocycles. The summed E-state index contributed by atoms with van der Waals surface area (Å²) < 4.78 is 16.2. The summed E-state index contributed by atoms with van der Waals surface area (Å²) in [5, 5.41) is 2.71. The van der Waals surface area contributed by atoms with Crippen molar-refractivity contribution in [2.45, 2.75) is 20.0 Å². The Labute approximate surface area is 144 Å². The Morgan fingerprint density at radius 2 is 2.04 bits per heavy atom. The molecule has 1 aromatic carbocycles. The Kier molecular flexibility index (Phi) is 9.56. The first-order valence-corrected chi connectivity index (χ1v) is 8.16. The number of anilines is 1. The van der Waals surface area contributed by atoms with Gasteiger partial charge in [0.25, 0.3) is 0 Å². The molecule has 24 heavy (non-hydrogen) atoms. The number of hydrogen-bond donors (Lipinski definition) is 1. The molecule has 0 fully saturated rings. The largest absolute Gasteiger partial charge is 0.495 e. The van der Waals surface area contributed by atoms with Crippen LogP contribution in [0.4, 0.5) is 10.5 Å². The number of rotatable bonds is 11. The SMILES string of the molecule is C=CCOCC(CN(CC)CC)OC(=O)Nc1ccccc1OC. The third-order valence-electron chi connectivity index (χ3n) is 3.51. The minimum Gasteiger partial charge on any atom is -0.495 e. The van der Waals surface area contributed by atoms with Gasteiger partial charge in [0, 0.05) is 6.54 Å². The van der Waals surface area contributed by atoms with Crippen molar-refractivity contribution < 1.29 is 19.0 Å². The second kappa shape index (κ2) is 11.5. The van der Waals surface area contributed by atoms with Gasteiger partial charge >= 0.3 is 6.09 Å². The van der Waals surface area contributed by atoms with Crippen molar-refractivity contribution in [1.82, 2.24) is 4.90 Å². The van der Waals surface area contributed by atoms with Crippen molar-refractivity contribution in [2.75, 3.05) is 45.3 Å². The lowest BCUT2D eigenvalue weighted by atomic mass is 10.3. The highest BCUT2D eigenvalue weighted by molar-refractivity contribution is 5.86. The molecule has 0 bridgehead atoms. The maximum absolute atomic E-state index is 12.2. The van der Waals surface area contributed by atoms with Crippen LogP contribution >= 0.6 is 0 Å². The number of carbonyl (C=O) groups is 1. The van der Waals surface area contributed by atoms with E-state index in [0.717, 1.165) is 13.1 Å². The van der Waals surface area contributed by atoms with Gasteiger partial charge in [0.05, 0.1) is 26.0 Å². The van der Waals surface area contributed by atoms with Crippen LogP contribution in [0.15, 0.2) is 36.9 Å². The number of likely N-dealkylation sites (N-methyl/N-ethyl adjacent to an activating group) is 1. The third-order valence-corrected chi connectivity index (χ3v) is 3.51. The average molecular weight is 336 g/mol. The van der Waals surface area contributed by atoms with Crippen LogP contribution in [-0.4, -0.2) is 57.1 Å². The number of carbonyl (C=O) groups excluding carboxylic acids is 1. The maximum atomic E-state index is 12.2. The van der Waals surface area contributed by atoms with Crippen LogP contribution in [-0.2, 0) is 9.47 Å². The minimum atomic E-state index is -0.529. The highest BCUT2D eigenvalue weighted by atomic mass is 16.6. The number of nitrogens with one attached hydrogen (secondary N) is 1. The second-order valence-electron chi connectivity index (χ2n) is 5.16. The zero-order chi connectivity index (χ0) is 17.8. The zero-order valence-corrected chi connectivity index (χ0v) is 14.8. The third kappa shape index (κ3) is 7.02. The number of nitrogens with zero attached hydrogens (tertiary/aromatic N) is 1. The van der Waals surface area contributed by atoms with Crippen molar-refractivity contribution in [3.63, 3.8) is 0 Å². The van der Waals surface area contributed by atoms with Gasteiger partial charge in [-0.2, -0.15) is 0 Å². The molecule has 0 spiro atoms. The van der Waals surface area contributed by atoms with Crippen LogP contribution in [0, 0.1) is 0 Å². The van der Waals surface area contributed by atoms with E-state index < -0.39 is 6.09 Å². The first-order chi connectivity index (χ1) is 11.6. The standard InChI is InChI=1S/C18H28N2O4/c1-5-12-23-14-15(13-20(6-2)7-3)24-18(21)19-16-10-8-9-11-17(16)22-4/h5,8-11,15H,1,6-7,12-14H2,2-4H3,(H,19,21). The van der Waals surface area contributed by atoms with E-state index in [9.17, 15) is 4.79 Å². The number of para-hydroxylation sites is 2. The van der Waals surface area contributed by atoms with E-state index in [0.29, 0.717) is 31.2 Å².